The number of likely N-dealkylation sites (N-methyl/N-ethyl adjacent to an activating group) is 1. The molecule has 0 atom stereocenters. The Labute approximate surface area is 185 Å². The van der Waals surface area contributed by atoms with Gasteiger partial charge in [-0.2, -0.15) is 13.2 Å². The molecule has 0 aliphatic heterocycles. The molecule has 0 aromatic heterocycles. The first kappa shape index (κ1) is 24.8. The molecule has 31 heavy (non-hydrogen) atoms. The van der Waals surface area contributed by atoms with Crippen molar-refractivity contribution in [3.05, 3.63) is 52.5 Å². The van der Waals surface area contributed by atoms with E-state index in [0.29, 0.717) is 25.5 Å². The van der Waals surface area contributed by atoms with Gasteiger partial charge in [-0.05, 0) is 50.3 Å². The van der Waals surface area contributed by atoms with Crippen LogP contribution in [0.2, 0.25) is 5.02 Å². The van der Waals surface area contributed by atoms with Crippen LogP contribution in [0.4, 0.5) is 18.9 Å². The number of nitrogens with zero attached hydrogens (tertiary/aromatic N) is 1. The molecule has 0 radical (unpaired) electrons. The highest BCUT2D eigenvalue weighted by Crippen LogP contribution is 2.37. The van der Waals surface area contributed by atoms with Gasteiger partial charge in [-0.1, -0.05) is 31.5 Å². The first-order chi connectivity index (χ1) is 14.7. The minimum atomic E-state index is -4.64. The van der Waals surface area contributed by atoms with Crippen LogP contribution in [0.15, 0.2) is 36.4 Å². The zero-order valence-electron chi connectivity index (χ0n) is 17.7. The van der Waals surface area contributed by atoms with Gasteiger partial charge in [0, 0.05) is 12.2 Å². The largest absolute Gasteiger partial charge is 0.493 e. The maximum atomic E-state index is 13.1. The van der Waals surface area contributed by atoms with Crippen LogP contribution in [0.25, 0.3) is 0 Å². The van der Waals surface area contributed by atoms with Crippen LogP contribution in [0, 0.1) is 0 Å². The van der Waals surface area contributed by atoms with E-state index in [0.717, 1.165) is 25.2 Å². The van der Waals surface area contributed by atoms with Crippen LogP contribution >= 0.6 is 11.6 Å². The zero-order chi connectivity index (χ0) is 23.0. The Morgan fingerprint density at radius 3 is 2.29 bits per heavy atom. The van der Waals surface area contributed by atoms with E-state index in [-0.39, 0.29) is 17.0 Å². The number of ether oxygens (including phenoxy) is 2. The molecule has 0 fully saturated rings. The summed E-state index contributed by atoms with van der Waals surface area (Å²) in [5.74, 6) is -0.0664. The SMILES string of the molecule is CCOc1cccc(OCCN(CC)CC)c1C(=O)Nc1ccc(Cl)c(C(F)(F)F)c1. The highest BCUT2D eigenvalue weighted by Gasteiger charge is 2.33. The molecule has 0 saturated carbocycles. The standard InChI is InChI=1S/C22H26ClF3N2O3/c1-4-28(5-2)12-13-31-19-9-7-8-18(30-6-3)20(19)21(29)27-15-10-11-17(23)16(14-15)22(24,25)26/h7-11,14H,4-6,12-13H2,1-3H3,(H,27,29). The molecule has 2 aromatic carbocycles. The van der Waals surface area contributed by atoms with Crippen LogP contribution in [0.5, 0.6) is 11.5 Å². The fourth-order valence-electron chi connectivity index (χ4n) is 2.97. The average Bonchev–Trinajstić information content (AvgIpc) is 2.72. The summed E-state index contributed by atoms with van der Waals surface area (Å²) < 4.78 is 50.8. The lowest BCUT2D eigenvalue weighted by Crippen LogP contribution is -2.28. The van der Waals surface area contributed by atoms with Crippen LogP contribution in [-0.2, 0) is 6.18 Å². The van der Waals surface area contributed by atoms with E-state index in [1.165, 1.54) is 6.07 Å². The van der Waals surface area contributed by atoms with Crippen molar-refractivity contribution in [3.8, 4) is 11.5 Å². The van der Waals surface area contributed by atoms with Crippen molar-refractivity contribution in [2.75, 3.05) is 38.2 Å². The molecule has 2 aromatic rings. The van der Waals surface area contributed by atoms with Crippen molar-refractivity contribution in [2.45, 2.75) is 26.9 Å². The van der Waals surface area contributed by atoms with Crippen molar-refractivity contribution in [1.29, 1.82) is 0 Å². The molecule has 0 unspecified atom stereocenters. The Kier molecular flexibility index (Phi) is 9.00. The second kappa shape index (κ2) is 11.2. The molecule has 170 valence electrons. The molecular weight excluding hydrogens is 433 g/mol. The van der Waals surface area contributed by atoms with E-state index in [2.05, 4.69) is 10.2 Å². The molecule has 2 rings (SSSR count). The number of hydrogen-bond donors (Lipinski definition) is 1. The fraction of sp³-hybridized carbons (Fsp3) is 0.409. The van der Waals surface area contributed by atoms with Gasteiger partial charge in [0.2, 0.25) is 0 Å². The number of hydrogen-bond acceptors (Lipinski definition) is 4. The van der Waals surface area contributed by atoms with Crippen LogP contribution < -0.4 is 14.8 Å². The van der Waals surface area contributed by atoms with Gasteiger partial charge in [-0.3, -0.25) is 4.79 Å². The zero-order valence-corrected chi connectivity index (χ0v) is 18.4. The molecule has 9 heteroatoms. The van der Waals surface area contributed by atoms with Gasteiger partial charge in [0.05, 0.1) is 17.2 Å². The van der Waals surface area contributed by atoms with Gasteiger partial charge in [-0.25, -0.2) is 0 Å². The van der Waals surface area contributed by atoms with Crippen molar-refractivity contribution in [1.82, 2.24) is 4.90 Å². The van der Waals surface area contributed by atoms with Crippen LogP contribution in [0.3, 0.4) is 0 Å². The summed E-state index contributed by atoms with van der Waals surface area (Å²) in [6.07, 6.45) is -4.64. The van der Waals surface area contributed by atoms with Crippen LogP contribution in [-0.4, -0.2) is 43.7 Å². The van der Waals surface area contributed by atoms with Gasteiger partial charge >= 0.3 is 6.18 Å². The third-order valence-electron chi connectivity index (χ3n) is 4.60. The van der Waals surface area contributed by atoms with Gasteiger partial charge in [0.25, 0.3) is 5.91 Å². The van der Waals surface area contributed by atoms with Crippen molar-refractivity contribution >= 4 is 23.2 Å². The Bertz CT molecular complexity index is 887. The fourth-order valence-corrected chi connectivity index (χ4v) is 3.19. The van der Waals surface area contributed by atoms with E-state index < -0.39 is 22.7 Å². The normalized spacial score (nSPS) is 11.5. The summed E-state index contributed by atoms with van der Waals surface area (Å²) >= 11 is 5.66. The number of anilines is 1. The molecule has 0 aliphatic rings. The molecule has 0 heterocycles. The Morgan fingerprint density at radius 1 is 1.06 bits per heavy atom. The highest BCUT2D eigenvalue weighted by atomic mass is 35.5. The summed E-state index contributed by atoms with van der Waals surface area (Å²) in [7, 11) is 0. The van der Waals surface area contributed by atoms with Crippen molar-refractivity contribution < 1.29 is 27.4 Å². The third kappa shape index (κ3) is 6.77. The van der Waals surface area contributed by atoms with E-state index >= 15 is 0 Å². The number of carbonyl (C=O) groups is 1. The molecule has 1 N–H and O–H groups in total. The minimum absolute atomic E-state index is 0.0397. The van der Waals surface area contributed by atoms with E-state index in [9.17, 15) is 18.0 Å². The maximum absolute atomic E-state index is 13.1. The molecule has 0 aliphatic carbocycles. The minimum Gasteiger partial charge on any atom is -0.493 e. The number of benzene rings is 2. The van der Waals surface area contributed by atoms with Crippen LogP contribution in [0.1, 0.15) is 36.7 Å². The summed E-state index contributed by atoms with van der Waals surface area (Å²) in [5.41, 5.74) is -0.949. The molecular formula is C22H26ClF3N2O3. The summed E-state index contributed by atoms with van der Waals surface area (Å²) in [6, 6.07) is 8.12. The predicted molar refractivity (Wildman–Crippen MR) is 115 cm³/mol. The number of nitrogens with one attached hydrogen (secondary N) is 1. The molecule has 0 spiro atoms. The lowest BCUT2D eigenvalue weighted by Gasteiger charge is -2.20. The highest BCUT2D eigenvalue weighted by molar-refractivity contribution is 6.31. The summed E-state index contributed by atoms with van der Waals surface area (Å²) in [5, 5.41) is 2.05. The predicted octanol–water partition coefficient (Wildman–Crippen LogP) is 5.73. The van der Waals surface area contributed by atoms with Gasteiger partial charge in [0.15, 0.2) is 0 Å². The lowest BCUT2D eigenvalue weighted by molar-refractivity contribution is -0.137. The first-order valence-corrected chi connectivity index (χ1v) is 10.4. The Hall–Kier alpha value is -2.45. The second-order valence-electron chi connectivity index (χ2n) is 6.58. The Morgan fingerprint density at radius 2 is 1.71 bits per heavy atom. The number of rotatable bonds is 10. The van der Waals surface area contributed by atoms with E-state index in [1.807, 2.05) is 13.8 Å². The van der Waals surface area contributed by atoms with Crippen molar-refractivity contribution in [3.63, 3.8) is 0 Å². The summed E-state index contributed by atoms with van der Waals surface area (Å²) in [6.45, 7) is 8.90. The maximum Gasteiger partial charge on any atom is 0.417 e. The number of amides is 1. The third-order valence-corrected chi connectivity index (χ3v) is 4.93. The van der Waals surface area contributed by atoms with E-state index in [4.69, 9.17) is 21.1 Å². The summed E-state index contributed by atoms with van der Waals surface area (Å²) in [4.78, 5) is 15.2. The molecule has 0 saturated heterocycles. The quantitative estimate of drug-likeness (QED) is 0.494. The number of alkyl halides is 3. The van der Waals surface area contributed by atoms with Gasteiger partial charge < -0.3 is 19.7 Å². The van der Waals surface area contributed by atoms with Gasteiger partial charge in [0.1, 0.15) is 23.7 Å². The molecule has 1 amide bonds. The average molecular weight is 459 g/mol. The lowest BCUT2D eigenvalue weighted by atomic mass is 10.1. The monoisotopic (exact) mass is 458 g/mol. The topological polar surface area (TPSA) is 50.8 Å². The Balaban J connectivity index is 2.29. The molecule has 5 nitrogen and oxygen atoms in total. The van der Waals surface area contributed by atoms with Crippen molar-refractivity contribution in [2.24, 2.45) is 0 Å². The van der Waals surface area contributed by atoms with Gasteiger partial charge in [-0.15, -0.1) is 0 Å². The number of halogens is 4. The second-order valence-corrected chi connectivity index (χ2v) is 6.99. The smallest absolute Gasteiger partial charge is 0.417 e. The molecule has 0 bridgehead atoms. The first-order valence-electron chi connectivity index (χ1n) is 10.00. The van der Waals surface area contributed by atoms with E-state index in [1.54, 1.807) is 25.1 Å². The number of carbonyl (C=O) groups excluding carboxylic acids is 1.